The molecule has 1 aliphatic heterocycles. The fourth-order valence-corrected chi connectivity index (χ4v) is 3.50. The molecule has 3 N–H and O–H groups in total. The molecular weight excluding hydrogens is 301 g/mol. The minimum atomic E-state index is -3.74. The van der Waals surface area contributed by atoms with Gasteiger partial charge in [0.05, 0.1) is 13.2 Å². The van der Waals surface area contributed by atoms with Gasteiger partial charge in [0.1, 0.15) is 16.0 Å². The lowest BCUT2D eigenvalue weighted by molar-refractivity contribution is -0.137. The molecule has 1 saturated heterocycles. The molecule has 2 rings (SSSR count). The molecule has 1 aliphatic rings. The van der Waals surface area contributed by atoms with Crippen LogP contribution in [0.5, 0.6) is 0 Å². The highest BCUT2D eigenvalue weighted by molar-refractivity contribution is 7.92. The van der Waals surface area contributed by atoms with Crippen LogP contribution < -0.4 is 5.73 Å². The first kappa shape index (κ1) is 15.9. The number of rotatable bonds is 6. The smallest absolute Gasteiger partial charge is 0.303 e. The highest BCUT2D eigenvalue weighted by atomic mass is 32.2. The first-order chi connectivity index (χ1) is 9.82. The Kier molecular flexibility index (Phi) is 4.60. The van der Waals surface area contributed by atoms with Crippen LogP contribution >= 0.6 is 0 Å². The Balaban J connectivity index is 2.19. The zero-order valence-corrected chi connectivity index (χ0v) is 12.0. The van der Waals surface area contributed by atoms with Gasteiger partial charge in [0.2, 0.25) is 0 Å². The Hall–Kier alpha value is -1.51. The number of benzene rings is 1. The van der Waals surface area contributed by atoms with Crippen LogP contribution in [0.2, 0.25) is 0 Å². The predicted molar refractivity (Wildman–Crippen MR) is 72.0 cm³/mol. The first-order valence-electron chi connectivity index (χ1n) is 6.41. The molecule has 1 heterocycles. The van der Waals surface area contributed by atoms with E-state index >= 15 is 0 Å². The number of carboxylic acid groups (broad SMARTS) is 1. The van der Waals surface area contributed by atoms with Gasteiger partial charge >= 0.3 is 5.97 Å². The van der Waals surface area contributed by atoms with E-state index in [1.54, 1.807) is 0 Å². The molecule has 1 unspecified atom stereocenters. The largest absolute Gasteiger partial charge is 0.481 e. The molecular formula is C13H16FNO5S. The van der Waals surface area contributed by atoms with Crippen molar-refractivity contribution in [3.63, 3.8) is 0 Å². The Bertz CT molecular complexity index is 642. The minimum absolute atomic E-state index is 0.0711. The second-order valence-corrected chi connectivity index (χ2v) is 7.13. The van der Waals surface area contributed by atoms with E-state index in [4.69, 9.17) is 15.6 Å². The monoisotopic (exact) mass is 317 g/mol. The van der Waals surface area contributed by atoms with Gasteiger partial charge in [0.15, 0.2) is 9.84 Å². The molecule has 0 amide bonds. The number of nitrogens with two attached hydrogens (primary N) is 1. The van der Waals surface area contributed by atoms with Gasteiger partial charge in [-0.25, -0.2) is 12.8 Å². The Morgan fingerprint density at radius 1 is 1.48 bits per heavy atom. The molecule has 0 radical (unpaired) electrons. The Morgan fingerprint density at radius 3 is 2.62 bits per heavy atom. The van der Waals surface area contributed by atoms with Crippen molar-refractivity contribution in [1.82, 2.24) is 0 Å². The summed E-state index contributed by atoms with van der Waals surface area (Å²) in [5, 5.41) is 7.88. The number of ether oxygens (including phenoxy) is 1. The van der Waals surface area contributed by atoms with E-state index in [0.29, 0.717) is 5.56 Å². The van der Waals surface area contributed by atoms with Crippen molar-refractivity contribution >= 4 is 15.8 Å². The summed E-state index contributed by atoms with van der Waals surface area (Å²) in [6.45, 7) is 0.142. The average Bonchev–Trinajstić information content (AvgIpc) is 2.32. The third kappa shape index (κ3) is 3.39. The van der Waals surface area contributed by atoms with Gasteiger partial charge in [-0.15, -0.1) is 0 Å². The maximum atomic E-state index is 14.0. The van der Waals surface area contributed by atoms with Crippen molar-refractivity contribution in [1.29, 1.82) is 0 Å². The quantitative estimate of drug-likeness (QED) is 0.806. The van der Waals surface area contributed by atoms with Crippen LogP contribution in [0.3, 0.4) is 0 Å². The summed E-state index contributed by atoms with van der Waals surface area (Å²) in [5.74, 6) is -1.86. The number of hydrogen-bond acceptors (Lipinski definition) is 5. The van der Waals surface area contributed by atoms with Crippen LogP contribution in [0.25, 0.3) is 0 Å². The standard InChI is InChI=1S/C13H16FNO5S/c14-10-5-8(11(15)2-4-13(16)17)1-3-12(10)21(18,19)9-6-20-7-9/h1,3,5,9,11H,2,4,6-7,15H2,(H,16,17). The molecule has 0 saturated carbocycles. The van der Waals surface area contributed by atoms with Gasteiger partial charge in [0, 0.05) is 12.5 Å². The molecule has 8 heteroatoms. The van der Waals surface area contributed by atoms with Crippen molar-refractivity contribution in [2.75, 3.05) is 13.2 Å². The minimum Gasteiger partial charge on any atom is -0.481 e. The molecule has 1 aromatic carbocycles. The maximum Gasteiger partial charge on any atom is 0.303 e. The highest BCUT2D eigenvalue weighted by Gasteiger charge is 2.35. The van der Waals surface area contributed by atoms with E-state index < -0.39 is 32.9 Å². The lowest BCUT2D eigenvalue weighted by Gasteiger charge is -2.26. The number of carbonyl (C=O) groups is 1. The van der Waals surface area contributed by atoms with Gasteiger partial charge in [-0.2, -0.15) is 0 Å². The number of sulfone groups is 1. The highest BCUT2D eigenvalue weighted by Crippen LogP contribution is 2.26. The molecule has 6 nitrogen and oxygen atoms in total. The van der Waals surface area contributed by atoms with Gasteiger partial charge in [0.25, 0.3) is 0 Å². The predicted octanol–water partition coefficient (Wildman–Crippen LogP) is 0.863. The summed E-state index contributed by atoms with van der Waals surface area (Å²) in [6.07, 6.45) is 0.0135. The molecule has 116 valence electrons. The van der Waals surface area contributed by atoms with Gasteiger partial charge in [-0.3, -0.25) is 4.79 Å². The van der Waals surface area contributed by atoms with Crippen molar-refractivity contribution in [2.45, 2.75) is 29.0 Å². The van der Waals surface area contributed by atoms with E-state index in [0.717, 1.165) is 6.07 Å². The van der Waals surface area contributed by atoms with Crippen molar-refractivity contribution < 1.29 is 27.4 Å². The number of carboxylic acids is 1. The van der Waals surface area contributed by atoms with Crippen molar-refractivity contribution in [3.05, 3.63) is 29.6 Å². The van der Waals surface area contributed by atoms with Crippen LogP contribution in [0.15, 0.2) is 23.1 Å². The zero-order chi connectivity index (χ0) is 15.6. The molecule has 1 aromatic rings. The lowest BCUT2D eigenvalue weighted by Crippen LogP contribution is -2.41. The number of aliphatic carboxylic acids is 1. The summed E-state index contributed by atoms with van der Waals surface area (Å²) < 4.78 is 43.1. The normalized spacial score (nSPS) is 17.2. The zero-order valence-electron chi connectivity index (χ0n) is 11.2. The fraction of sp³-hybridized carbons (Fsp3) is 0.462. The van der Waals surface area contributed by atoms with Crippen molar-refractivity contribution in [2.24, 2.45) is 5.73 Å². The molecule has 21 heavy (non-hydrogen) atoms. The lowest BCUT2D eigenvalue weighted by atomic mass is 10.0. The van der Waals surface area contributed by atoms with E-state index in [2.05, 4.69) is 0 Å². The summed E-state index contributed by atoms with van der Waals surface area (Å²) in [5.41, 5.74) is 6.14. The summed E-state index contributed by atoms with van der Waals surface area (Å²) in [7, 11) is -3.74. The summed E-state index contributed by atoms with van der Waals surface area (Å²) in [6, 6.07) is 3.00. The maximum absolute atomic E-state index is 14.0. The van der Waals surface area contributed by atoms with Crippen molar-refractivity contribution in [3.8, 4) is 0 Å². The molecule has 0 aliphatic carbocycles. The number of halogens is 1. The van der Waals surface area contributed by atoms with Gasteiger partial charge in [-0.05, 0) is 24.1 Å². The SMILES string of the molecule is NC(CCC(=O)O)c1ccc(S(=O)(=O)C2COC2)c(F)c1. The average molecular weight is 317 g/mol. The number of hydrogen-bond donors (Lipinski definition) is 2. The second-order valence-electron chi connectivity index (χ2n) is 4.93. The van der Waals surface area contributed by atoms with E-state index in [9.17, 15) is 17.6 Å². The fourth-order valence-electron chi connectivity index (χ4n) is 2.00. The Labute approximate surface area is 121 Å². The van der Waals surface area contributed by atoms with Crippen LogP contribution in [0.4, 0.5) is 4.39 Å². The molecule has 1 fully saturated rings. The summed E-state index contributed by atoms with van der Waals surface area (Å²) in [4.78, 5) is 10.1. The first-order valence-corrected chi connectivity index (χ1v) is 7.95. The van der Waals surface area contributed by atoms with Crippen LogP contribution in [0.1, 0.15) is 24.4 Å². The third-order valence-electron chi connectivity index (χ3n) is 3.41. The van der Waals surface area contributed by atoms with Crippen LogP contribution in [-0.4, -0.2) is 38.0 Å². The van der Waals surface area contributed by atoms with E-state index in [1.807, 2.05) is 0 Å². The van der Waals surface area contributed by atoms with Gasteiger partial charge in [-0.1, -0.05) is 6.07 Å². The summed E-state index contributed by atoms with van der Waals surface area (Å²) >= 11 is 0. The third-order valence-corrected chi connectivity index (χ3v) is 5.50. The molecule has 1 atom stereocenters. The Morgan fingerprint density at radius 2 is 2.14 bits per heavy atom. The molecule has 0 spiro atoms. The van der Waals surface area contributed by atoms with Gasteiger partial charge < -0.3 is 15.6 Å². The molecule has 0 bridgehead atoms. The van der Waals surface area contributed by atoms with Crippen LogP contribution in [0, 0.1) is 5.82 Å². The van der Waals surface area contributed by atoms with Crippen LogP contribution in [-0.2, 0) is 19.4 Å². The second kappa shape index (κ2) is 6.08. The van der Waals surface area contributed by atoms with E-state index in [-0.39, 0.29) is 31.0 Å². The topological polar surface area (TPSA) is 107 Å². The van der Waals surface area contributed by atoms with E-state index in [1.165, 1.54) is 12.1 Å². The molecule has 0 aromatic heterocycles.